The van der Waals surface area contributed by atoms with Crippen molar-refractivity contribution in [3.05, 3.63) is 35.9 Å². The molecule has 3 heteroatoms. The summed E-state index contributed by atoms with van der Waals surface area (Å²) in [5, 5.41) is 6.10. The van der Waals surface area contributed by atoms with E-state index in [4.69, 9.17) is 0 Å². The van der Waals surface area contributed by atoms with Crippen LogP contribution in [-0.4, -0.2) is 18.6 Å². The van der Waals surface area contributed by atoms with Gasteiger partial charge in [0, 0.05) is 12.6 Å². The summed E-state index contributed by atoms with van der Waals surface area (Å²) in [5.41, 5.74) is 1.40. The smallest absolute Gasteiger partial charge is 0.315 e. The summed E-state index contributed by atoms with van der Waals surface area (Å²) >= 11 is 0. The fraction of sp³-hybridized carbons (Fsp3) is 0.632. The Balaban J connectivity index is 1.53. The summed E-state index contributed by atoms with van der Waals surface area (Å²) in [7, 11) is 0. The number of carbonyl (C=O) groups excluding carboxylic acids is 1. The van der Waals surface area contributed by atoms with Crippen molar-refractivity contribution < 1.29 is 4.79 Å². The zero-order valence-corrected chi connectivity index (χ0v) is 13.8. The second kappa shape index (κ2) is 9.50. The average molecular weight is 302 g/mol. The molecule has 0 aliphatic heterocycles. The van der Waals surface area contributed by atoms with Crippen molar-refractivity contribution in [2.24, 2.45) is 5.92 Å². The van der Waals surface area contributed by atoms with Gasteiger partial charge in [-0.05, 0) is 43.6 Å². The first kappa shape index (κ1) is 16.9. The fourth-order valence-corrected chi connectivity index (χ4v) is 3.25. The normalized spacial score (nSPS) is 17.0. The van der Waals surface area contributed by atoms with Crippen molar-refractivity contribution in [3.8, 4) is 0 Å². The summed E-state index contributed by atoms with van der Waals surface area (Å²) < 4.78 is 0. The Labute approximate surface area is 134 Å². The lowest BCUT2D eigenvalue weighted by molar-refractivity contribution is 0.232. The van der Waals surface area contributed by atoms with Crippen molar-refractivity contribution in [2.45, 2.75) is 64.3 Å². The predicted octanol–water partition coefficient (Wildman–Crippen LogP) is 4.28. The summed E-state index contributed by atoms with van der Waals surface area (Å²) in [6.07, 6.45) is 9.42. The average Bonchev–Trinajstić information content (AvgIpc) is 2.53. The maximum atomic E-state index is 11.8. The zero-order chi connectivity index (χ0) is 15.6. The number of benzene rings is 1. The first-order valence-corrected chi connectivity index (χ1v) is 8.82. The Hall–Kier alpha value is -1.51. The maximum absolute atomic E-state index is 11.8. The highest BCUT2D eigenvalue weighted by Crippen LogP contribution is 2.17. The lowest BCUT2D eigenvalue weighted by Crippen LogP contribution is -2.43. The van der Waals surface area contributed by atoms with Gasteiger partial charge in [-0.3, -0.25) is 0 Å². The highest BCUT2D eigenvalue weighted by molar-refractivity contribution is 5.74. The summed E-state index contributed by atoms with van der Waals surface area (Å²) in [5.74, 6) is 0.658. The fourth-order valence-electron chi connectivity index (χ4n) is 3.25. The lowest BCUT2D eigenvalue weighted by Gasteiger charge is -2.23. The SMILES string of the molecule is C[C@H](CCCNC(=O)NC1CCCCC1)Cc1ccccc1. The third-order valence-electron chi connectivity index (χ3n) is 4.53. The first-order chi connectivity index (χ1) is 10.7. The number of hydrogen-bond acceptors (Lipinski definition) is 1. The molecule has 0 aromatic heterocycles. The zero-order valence-electron chi connectivity index (χ0n) is 13.8. The molecule has 0 unspecified atom stereocenters. The highest BCUT2D eigenvalue weighted by Gasteiger charge is 2.15. The van der Waals surface area contributed by atoms with Gasteiger partial charge in [0.15, 0.2) is 0 Å². The van der Waals surface area contributed by atoms with E-state index in [9.17, 15) is 4.79 Å². The minimum atomic E-state index is 0.0163. The lowest BCUT2D eigenvalue weighted by atomic mass is 9.96. The van der Waals surface area contributed by atoms with Crippen LogP contribution in [0.3, 0.4) is 0 Å². The van der Waals surface area contributed by atoms with Crippen LogP contribution >= 0.6 is 0 Å². The molecule has 1 saturated carbocycles. The van der Waals surface area contributed by atoms with E-state index >= 15 is 0 Å². The predicted molar refractivity (Wildman–Crippen MR) is 92.0 cm³/mol. The number of amides is 2. The Morgan fingerprint density at radius 1 is 1.18 bits per heavy atom. The van der Waals surface area contributed by atoms with Crippen LogP contribution in [0, 0.1) is 5.92 Å². The van der Waals surface area contributed by atoms with E-state index in [1.807, 2.05) is 0 Å². The van der Waals surface area contributed by atoms with Crippen LogP contribution in [0.25, 0.3) is 0 Å². The Bertz CT molecular complexity index is 426. The molecule has 1 aromatic rings. The number of urea groups is 1. The highest BCUT2D eigenvalue weighted by atomic mass is 16.2. The van der Waals surface area contributed by atoms with Crippen LogP contribution in [0.2, 0.25) is 0 Å². The van der Waals surface area contributed by atoms with Crippen molar-refractivity contribution in [1.82, 2.24) is 10.6 Å². The van der Waals surface area contributed by atoms with Gasteiger partial charge in [-0.25, -0.2) is 4.79 Å². The van der Waals surface area contributed by atoms with Crippen LogP contribution in [0.1, 0.15) is 57.4 Å². The molecule has 0 saturated heterocycles. The summed E-state index contributed by atoms with van der Waals surface area (Å²) in [6.45, 7) is 3.06. The van der Waals surface area contributed by atoms with E-state index in [2.05, 4.69) is 47.9 Å². The van der Waals surface area contributed by atoms with Crippen molar-refractivity contribution in [3.63, 3.8) is 0 Å². The number of carbonyl (C=O) groups is 1. The molecule has 2 N–H and O–H groups in total. The maximum Gasteiger partial charge on any atom is 0.315 e. The van der Waals surface area contributed by atoms with Crippen LogP contribution in [0.15, 0.2) is 30.3 Å². The second-order valence-electron chi connectivity index (χ2n) is 6.67. The quantitative estimate of drug-likeness (QED) is 0.725. The Morgan fingerprint density at radius 2 is 1.91 bits per heavy atom. The molecule has 3 nitrogen and oxygen atoms in total. The monoisotopic (exact) mass is 302 g/mol. The van der Waals surface area contributed by atoms with Crippen LogP contribution < -0.4 is 10.6 Å². The van der Waals surface area contributed by atoms with Crippen molar-refractivity contribution in [1.29, 1.82) is 0 Å². The van der Waals surface area contributed by atoms with Gasteiger partial charge in [0.25, 0.3) is 0 Å². The standard InChI is InChI=1S/C19H30N2O/c1-16(15-17-10-4-2-5-11-17)9-8-14-20-19(22)21-18-12-6-3-7-13-18/h2,4-5,10-11,16,18H,3,6-9,12-15H2,1H3,(H2,20,21,22)/t16-/m1/s1. The van der Waals surface area contributed by atoms with E-state index in [1.54, 1.807) is 0 Å². The molecule has 2 amide bonds. The van der Waals surface area contributed by atoms with Gasteiger partial charge in [0.2, 0.25) is 0 Å². The van der Waals surface area contributed by atoms with E-state index in [1.165, 1.54) is 24.8 Å². The Morgan fingerprint density at radius 3 is 2.64 bits per heavy atom. The molecule has 0 bridgehead atoms. The minimum absolute atomic E-state index is 0.0163. The molecule has 0 radical (unpaired) electrons. The van der Waals surface area contributed by atoms with Crippen molar-refractivity contribution >= 4 is 6.03 Å². The van der Waals surface area contributed by atoms with Gasteiger partial charge in [-0.15, -0.1) is 0 Å². The molecular weight excluding hydrogens is 272 g/mol. The summed E-state index contributed by atoms with van der Waals surface area (Å²) in [4.78, 5) is 11.8. The Kier molecular flexibility index (Phi) is 7.27. The second-order valence-corrected chi connectivity index (χ2v) is 6.67. The van der Waals surface area contributed by atoms with Gasteiger partial charge < -0.3 is 10.6 Å². The van der Waals surface area contributed by atoms with Gasteiger partial charge in [0.05, 0.1) is 0 Å². The van der Waals surface area contributed by atoms with E-state index in [0.717, 1.165) is 38.6 Å². The molecular formula is C19H30N2O. The van der Waals surface area contributed by atoms with Crippen LogP contribution in [0.4, 0.5) is 4.79 Å². The number of hydrogen-bond donors (Lipinski definition) is 2. The molecule has 0 spiro atoms. The van der Waals surface area contributed by atoms with Gasteiger partial charge >= 0.3 is 6.03 Å². The molecule has 1 aromatic carbocycles. The van der Waals surface area contributed by atoms with Crippen LogP contribution in [0.5, 0.6) is 0 Å². The van der Waals surface area contributed by atoms with Gasteiger partial charge in [-0.2, -0.15) is 0 Å². The molecule has 0 heterocycles. The largest absolute Gasteiger partial charge is 0.338 e. The molecule has 122 valence electrons. The summed E-state index contributed by atoms with van der Waals surface area (Å²) in [6, 6.07) is 11.0. The van der Waals surface area contributed by atoms with E-state index in [-0.39, 0.29) is 6.03 Å². The molecule has 1 aliphatic rings. The van der Waals surface area contributed by atoms with Crippen molar-refractivity contribution in [2.75, 3.05) is 6.54 Å². The minimum Gasteiger partial charge on any atom is -0.338 e. The molecule has 1 atom stereocenters. The third kappa shape index (κ3) is 6.50. The molecule has 22 heavy (non-hydrogen) atoms. The first-order valence-electron chi connectivity index (χ1n) is 8.82. The topological polar surface area (TPSA) is 41.1 Å². The van der Waals surface area contributed by atoms with Gasteiger partial charge in [-0.1, -0.05) is 56.5 Å². The number of nitrogens with one attached hydrogen (secondary N) is 2. The van der Waals surface area contributed by atoms with E-state index < -0.39 is 0 Å². The van der Waals surface area contributed by atoms with E-state index in [0.29, 0.717) is 12.0 Å². The molecule has 2 rings (SSSR count). The molecule has 1 fully saturated rings. The molecule has 1 aliphatic carbocycles. The third-order valence-corrected chi connectivity index (χ3v) is 4.53. The van der Waals surface area contributed by atoms with Crippen LogP contribution in [-0.2, 0) is 6.42 Å². The van der Waals surface area contributed by atoms with Gasteiger partial charge in [0.1, 0.15) is 0 Å². The number of rotatable bonds is 7.